The lowest BCUT2D eigenvalue weighted by Gasteiger charge is -2.19. The van der Waals surface area contributed by atoms with Gasteiger partial charge in [0, 0.05) is 19.5 Å². The molecule has 0 atom stereocenters. The van der Waals surface area contributed by atoms with Crippen LogP contribution in [0.25, 0.3) is 0 Å². The van der Waals surface area contributed by atoms with Crippen molar-refractivity contribution in [2.45, 2.75) is 18.2 Å². The third-order valence-electron chi connectivity index (χ3n) is 2.63. The van der Waals surface area contributed by atoms with Crippen LogP contribution in [-0.4, -0.2) is 36.9 Å². The van der Waals surface area contributed by atoms with Crippen molar-refractivity contribution in [3.05, 3.63) is 29.6 Å². The molecule has 0 spiro atoms. The van der Waals surface area contributed by atoms with Crippen LogP contribution in [-0.2, 0) is 10.0 Å². The molecule has 0 unspecified atom stereocenters. The minimum atomic E-state index is -3.94. The monoisotopic (exact) mass is 300 g/mol. The highest BCUT2D eigenvalue weighted by molar-refractivity contribution is 7.89. The zero-order chi connectivity index (χ0) is 15.3. The number of hydrogen-bond donors (Lipinski definition) is 1. The van der Waals surface area contributed by atoms with E-state index < -0.39 is 27.4 Å². The van der Waals surface area contributed by atoms with Gasteiger partial charge in [-0.1, -0.05) is 6.92 Å². The second kappa shape index (κ2) is 6.45. The van der Waals surface area contributed by atoms with Gasteiger partial charge in [0.05, 0.1) is 16.5 Å². The summed E-state index contributed by atoms with van der Waals surface area (Å²) in [5, 5.41) is 17.3. The molecule has 0 saturated carbocycles. The molecule has 6 nitrogen and oxygen atoms in total. The topological polar surface area (TPSA) is 98.5 Å². The van der Waals surface area contributed by atoms with E-state index in [0.717, 1.165) is 22.5 Å². The fourth-order valence-electron chi connectivity index (χ4n) is 1.60. The number of carboxylic acids is 1. The van der Waals surface area contributed by atoms with E-state index in [1.807, 2.05) is 6.07 Å². The number of hydrogen-bond acceptors (Lipinski definition) is 4. The minimum absolute atomic E-state index is 0.00485. The molecule has 0 amide bonds. The fourth-order valence-corrected chi connectivity index (χ4v) is 3.08. The van der Waals surface area contributed by atoms with Gasteiger partial charge in [-0.3, -0.25) is 0 Å². The largest absolute Gasteiger partial charge is 0.478 e. The minimum Gasteiger partial charge on any atom is -0.478 e. The highest BCUT2D eigenvalue weighted by atomic mass is 32.2. The van der Waals surface area contributed by atoms with Crippen LogP contribution < -0.4 is 0 Å². The maximum absolute atomic E-state index is 13.3. The first-order chi connectivity index (χ1) is 9.34. The average molecular weight is 300 g/mol. The van der Waals surface area contributed by atoms with Gasteiger partial charge in [-0.2, -0.15) is 9.57 Å². The number of nitrogens with zero attached hydrogens (tertiary/aromatic N) is 2. The molecule has 0 fully saturated rings. The third-order valence-corrected chi connectivity index (χ3v) is 4.60. The van der Waals surface area contributed by atoms with E-state index in [9.17, 15) is 17.6 Å². The average Bonchev–Trinajstić information content (AvgIpc) is 2.39. The van der Waals surface area contributed by atoms with E-state index in [1.54, 1.807) is 6.92 Å². The number of rotatable bonds is 6. The summed E-state index contributed by atoms with van der Waals surface area (Å²) in [6, 6.07) is 4.42. The third kappa shape index (κ3) is 3.31. The number of sulfonamides is 1. The quantitative estimate of drug-likeness (QED) is 0.857. The molecule has 8 heteroatoms. The molecule has 0 aliphatic heterocycles. The van der Waals surface area contributed by atoms with Crippen molar-refractivity contribution in [2.75, 3.05) is 13.1 Å². The fraction of sp³-hybridized carbons (Fsp3) is 0.333. The number of benzene rings is 1. The number of carbonyl (C=O) groups is 1. The summed E-state index contributed by atoms with van der Waals surface area (Å²) < 4.78 is 38.8. The highest BCUT2D eigenvalue weighted by Gasteiger charge is 2.24. The molecule has 0 heterocycles. The van der Waals surface area contributed by atoms with Gasteiger partial charge in [0.2, 0.25) is 10.0 Å². The predicted octanol–water partition coefficient (Wildman–Crippen LogP) is 1.45. The van der Waals surface area contributed by atoms with E-state index in [-0.39, 0.29) is 24.4 Å². The summed E-state index contributed by atoms with van der Waals surface area (Å²) in [6.45, 7) is 1.72. The van der Waals surface area contributed by atoms with Gasteiger partial charge >= 0.3 is 5.97 Å². The summed E-state index contributed by atoms with van der Waals surface area (Å²) in [6.07, 6.45) is 0.0139. The molecule has 1 aromatic rings. The Bertz CT molecular complexity index is 652. The lowest BCUT2D eigenvalue weighted by molar-refractivity contribution is 0.0691. The van der Waals surface area contributed by atoms with Gasteiger partial charge < -0.3 is 5.11 Å². The second-order valence-electron chi connectivity index (χ2n) is 3.85. The van der Waals surface area contributed by atoms with Gasteiger partial charge in [0.15, 0.2) is 0 Å². The first-order valence-electron chi connectivity index (χ1n) is 5.74. The van der Waals surface area contributed by atoms with Crippen LogP contribution in [0.1, 0.15) is 23.7 Å². The Morgan fingerprint density at radius 1 is 1.50 bits per heavy atom. The standard InChI is InChI=1S/C12H13FN2O4S/c1-2-15(7-3-6-14)20(18,19)9-4-5-11(13)10(8-9)12(16)17/h4-5,8H,2-3,7H2,1H3,(H,16,17). The van der Waals surface area contributed by atoms with Crippen LogP contribution in [0.15, 0.2) is 23.1 Å². The lowest BCUT2D eigenvalue weighted by Crippen LogP contribution is -2.32. The van der Waals surface area contributed by atoms with Crippen molar-refractivity contribution in [1.82, 2.24) is 4.31 Å². The van der Waals surface area contributed by atoms with Crippen LogP contribution in [0, 0.1) is 17.1 Å². The number of halogens is 1. The van der Waals surface area contributed by atoms with Crippen LogP contribution in [0.3, 0.4) is 0 Å². The Hall–Kier alpha value is -1.98. The van der Waals surface area contributed by atoms with Gasteiger partial charge in [-0.25, -0.2) is 17.6 Å². The van der Waals surface area contributed by atoms with Crippen LogP contribution in [0.4, 0.5) is 4.39 Å². The zero-order valence-electron chi connectivity index (χ0n) is 10.7. The van der Waals surface area contributed by atoms with Crippen LogP contribution in [0.2, 0.25) is 0 Å². The van der Waals surface area contributed by atoms with Crippen molar-refractivity contribution in [3.63, 3.8) is 0 Å². The zero-order valence-corrected chi connectivity index (χ0v) is 11.5. The van der Waals surface area contributed by atoms with Crippen molar-refractivity contribution in [1.29, 1.82) is 5.26 Å². The molecule has 0 bridgehead atoms. The molecule has 1 aromatic carbocycles. The Morgan fingerprint density at radius 3 is 2.65 bits per heavy atom. The van der Waals surface area contributed by atoms with Crippen molar-refractivity contribution >= 4 is 16.0 Å². The molecular formula is C12H13FN2O4S. The summed E-state index contributed by atoms with van der Waals surface area (Å²) >= 11 is 0. The highest BCUT2D eigenvalue weighted by Crippen LogP contribution is 2.19. The van der Waals surface area contributed by atoms with Crippen molar-refractivity contribution in [2.24, 2.45) is 0 Å². The van der Waals surface area contributed by atoms with Gasteiger partial charge in [-0.05, 0) is 18.2 Å². The lowest BCUT2D eigenvalue weighted by atomic mass is 10.2. The SMILES string of the molecule is CCN(CCC#N)S(=O)(=O)c1ccc(F)c(C(=O)O)c1. The molecule has 20 heavy (non-hydrogen) atoms. The van der Waals surface area contributed by atoms with Gasteiger partial charge in [-0.15, -0.1) is 0 Å². The maximum Gasteiger partial charge on any atom is 0.338 e. The molecule has 1 N–H and O–H groups in total. The van der Waals surface area contributed by atoms with Crippen molar-refractivity contribution < 1.29 is 22.7 Å². The summed E-state index contributed by atoms with van der Waals surface area (Å²) in [5.41, 5.74) is -0.706. The Balaban J connectivity index is 3.25. The van der Waals surface area contributed by atoms with E-state index in [0.29, 0.717) is 0 Å². The van der Waals surface area contributed by atoms with Crippen LogP contribution in [0.5, 0.6) is 0 Å². The molecule has 0 radical (unpaired) electrons. The molecule has 108 valence electrons. The van der Waals surface area contributed by atoms with Gasteiger partial charge in [0.1, 0.15) is 5.82 Å². The Labute approximate surface area is 116 Å². The summed E-state index contributed by atoms with van der Waals surface area (Å²) in [4.78, 5) is 10.5. The summed E-state index contributed by atoms with van der Waals surface area (Å²) in [5.74, 6) is -2.55. The molecule has 1 rings (SSSR count). The first kappa shape index (κ1) is 16.1. The predicted molar refractivity (Wildman–Crippen MR) is 68.0 cm³/mol. The Kier molecular flexibility index (Phi) is 5.19. The first-order valence-corrected chi connectivity index (χ1v) is 7.18. The van der Waals surface area contributed by atoms with E-state index in [2.05, 4.69) is 0 Å². The number of aromatic carboxylic acids is 1. The molecule has 0 aliphatic rings. The normalized spacial score (nSPS) is 11.3. The molecule has 0 saturated heterocycles. The van der Waals surface area contributed by atoms with Gasteiger partial charge in [0.25, 0.3) is 0 Å². The van der Waals surface area contributed by atoms with E-state index in [4.69, 9.17) is 10.4 Å². The van der Waals surface area contributed by atoms with E-state index in [1.165, 1.54) is 0 Å². The summed E-state index contributed by atoms with van der Waals surface area (Å²) in [7, 11) is -3.94. The maximum atomic E-state index is 13.3. The van der Waals surface area contributed by atoms with E-state index >= 15 is 0 Å². The second-order valence-corrected chi connectivity index (χ2v) is 5.79. The molecule has 0 aromatic heterocycles. The number of nitriles is 1. The van der Waals surface area contributed by atoms with Crippen LogP contribution >= 0.6 is 0 Å². The molecular weight excluding hydrogens is 287 g/mol. The number of carboxylic acid groups (broad SMARTS) is 1. The smallest absolute Gasteiger partial charge is 0.338 e. The van der Waals surface area contributed by atoms with Crippen molar-refractivity contribution in [3.8, 4) is 6.07 Å². The Morgan fingerprint density at radius 2 is 2.15 bits per heavy atom. The molecule has 0 aliphatic carbocycles.